The predicted molar refractivity (Wildman–Crippen MR) is 89.6 cm³/mol. The molecular weight excluding hydrogens is 256 g/mol. The summed E-state index contributed by atoms with van der Waals surface area (Å²) in [5.41, 5.74) is 2.96. The minimum atomic E-state index is 0.551. The molecule has 2 nitrogen and oxygen atoms in total. The molecule has 0 amide bonds. The zero-order valence-electron chi connectivity index (χ0n) is 13.6. The van der Waals surface area contributed by atoms with Crippen molar-refractivity contribution in [2.75, 3.05) is 13.1 Å². The van der Waals surface area contributed by atoms with E-state index in [0.29, 0.717) is 12.1 Å². The fourth-order valence-electron chi connectivity index (χ4n) is 3.64. The Balaban J connectivity index is 1.66. The van der Waals surface area contributed by atoms with Crippen molar-refractivity contribution in [3.63, 3.8) is 0 Å². The van der Waals surface area contributed by atoms with E-state index in [4.69, 9.17) is 0 Å². The number of nitrogens with one attached hydrogen (secondary N) is 1. The van der Waals surface area contributed by atoms with Crippen LogP contribution in [0.4, 0.5) is 0 Å². The van der Waals surface area contributed by atoms with Crippen LogP contribution in [0.15, 0.2) is 24.3 Å². The Morgan fingerprint density at radius 1 is 1.19 bits per heavy atom. The highest BCUT2D eigenvalue weighted by atomic mass is 15.2. The number of hydrogen-bond acceptors (Lipinski definition) is 2. The molecule has 2 atom stereocenters. The zero-order valence-corrected chi connectivity index (χ0v) is 13.6. The largest absolute Gasteiger partial charge is 0.313 e. The first-order valence-electron chi connectivity index (χ1n) is 8.86. The molecule has 1 aliphatic heterocycles. The Morgan fingerprint density at radius 3 is 2.52 bits per heavy atom. The first kappa shape index (κ1) is 15.1. The van der Waals surface area contributed by atoms with Gasteiger partial charge in [0.05, 0.1) is 0 Å². The van der Waals surface area contributed by atoms with E-state index in [9.17, 15) is 0 Å². The van der Waals surface area contributed by atoms with Crippen LogP contribution in [-0.2, 0) is 6.42 Å². The lowest BCUT2D eigenvalue weighted by Crippen LogP contribution is -2.40. The minimum absolute atomic E-state index is 0.551. The summed E-state index contributed by atoms with van der Waals surface area (Å²) in [6.45, 7) is 7.08. The molecule has 2 fully saturated rings. The molecule has 0 spiro atoms. The van der Waals surface area contributed by atoms with Crippen molar-refractivity contribution in [1.29, 1.82) is 0 Å². The second-order valence-corrected chi connectivity index (χ2v) is 6.89. The molecule has 2 unspecified atom stereocenters. The third-order valence-electron chi connectivity index (χ3n) is 5.11. The quantitative estimate of drug-likeness (QED) is 0.817. The standard InChI is InChI=1S/C19H30N2/c1-3-5-16-7-9-17(10-8-16)15(2)21(19-11-12-19)14-18-6-4-13-20-18/h7-10,15,18-20H,3-6,11-14H2,1-2H3. The highest BCUT2D eigenvalue weighted by Crippen LogP contribution is 2.35. The van der Waals surface area contributed by atoms with Gasteiger partial charge in [0.25, 0.3) is 0 Å². The van der Waals surface area contributed by atoms with Crippen molar-refractivity contribution in [2.45, 2.75) is 70.5 Å². The summed E-state index contributed by atoms with van der Waals surface area (Å²) in [5.74, 6) is 0. The normalized spacial score (nSPS) is 23.7. The molecule has 1 aliphatic carbocycles. The lowest BCUT2D eigenvalue weighted by molar-refractivity contribution is 0.182. The lowest BCUT2D eigenvalue weighted by atomic mass is 10.0. The van der Waals surface area contributed by atoms with E-state index in [-0.39, 0.29) is 0 Å². The van der Waals surface area contributed by atoms with Gasteiger partial charge in [-0.25, -0.2) is 0 Å². The Kier molecular flexibility index (Phi) is 4.97. The Hall–Kier alpha value is -0.860. The van der Waals surface area contributed by atoms with E-state index in [2.05, 4.69) is 48.3 Å². The molecule has 116 valence electrons. The van der Waals surface area contributed by atoms with Crippen molar-refractivity contribution in [3.8, 4) is 0 Å². The maximum absolute atomic E-state index is 3.66. The SMILES string of the molecule is CCCc1ccc(C(C)N(CC2CCCN2)C2CC2)cc1. The molecule has 0 radical (unpaired) electrons. The van der Waals surface area contributed by atoms with Crippen molar-refractivity contribution < 1.29 is 0 Å². The van der Waals surface area contributed by atoms with Gasteiger partial charge in [-0.1, -0.05) is 37.6 Å². The van der Waals surface area contributed by atoms with Gasteiger partial charge >= 0.3 is 0 Å². The lowest BCUT2D eigenvalue weighted by Gasteiger charge is -2.32. The minimum Gasteiger partial charge on any atom is -0.313 e. The maximum Gasteiger partial charge on any atom is 0.0323 e. The highest BCUT2D eigenvalue weighted by Gasteiger charge is 2.34. The first-order chi connectivity index (χ1) is 10.3. The van der Waals surface area contributed by atoms with Crippen molar-refractivity contribution >= 4 is 0 Å². The summed E-state index contributed by atoms with van der Waals surface area (Å²) in [6.07, 6.45) is 7.92. The van der Waals surface area contributed by atoms with Crippen LogP contribution in [0.2, 0.25) is 0 Å². The Bertz CT molecular complexity index is 429. The van der Waals surface area contributed by atoms with Crippen LogP contribution in [0.5, 0.6) is 0 Å². The van der Waals surface area contributed by atoms with E-state index < -0.39 is 0 Å². The van der Waals surface area contributed by atoms with Crippen LogP contribution in [0.25, 0.3) is 0 Å². The molecule has 1 saturated heterocycles. The third-order valence-corrected chi connectivity index (χ3v) is 5.11. The second-order valence-electron chi connectivity index (χ2n) is 6.89. The summed E-state index contributed by atoms with van der Waals surface area (Å²) in [7, 11) is 0. The van der Waals surface area contributed by atoms with Gasteiger partial charge in [-0.05, 0) is 56.7 Å². The van der Waals surface area contributed by atoms with Gasteiger partial charge in [-0.3, -0.25) is 4.90 Å². The molecule has 1 heterocycles. The van der Waals surface area contributed by atoms with Crippen LogP contribution in [0.1, 0.15) is 63.1 Å². The Morgan fingerprint density at radius 2 is 1.95 bits per heavy atom. The molecule has 3 rings (SSSR count). The number of hydrogen-bond donors (Lipinski definition) is 1. The van der Waals surface area contributed by atoms with Gasteiger partial charge in [0.2, 0.25) is 0 Å². The second kappa shape index (κ2) is 6.93. The fraction of sp³-hybridized carbons (Fsp3) is 0.684. The highest BCUT2D eigenvalue weighted by molar-refractivity contribution is 5.25. The average Bonchev–Trinajstić information content (AvgIpc) is 3.22. The van der Waals surface area contributed by atoms with Gasteiger partial charge in [0, 0.05) is 24.7 Å². The molecule has 2 heteroatoms. The summed E-state index contributed by atoms with van der Waals surface area (Å²) >= 11 is 0. The number of nitrogens with zero attached hydrogens (tertiary/aromatic N) is 1. The topological polar surface area (TPSA) is 15.3 Å². The molecule has 1 aromatic carbocycles. The van der Waals surface area contributed by atoms with Crippen LogP contribution < -0.4 is 5.32 Å². The zero-order chi connectivity index (χ0) is 14.7. The third kappa shape index (κ3) is 3.87. The molecule has 21 heavy (non-hydrogen) atoms. The van der Waals surface area contributed by atoms with Crippen LogP contribution in [-0.4, -0.2) is 30.1 Å². The maximum atomic E-state index is 3.66. The molecule has 0 bridgehead atoms. The van der Waals surface area contributed by atoms with Gasteiger partial charge < -0.3 is 5.32 Å². The van der Waals surface area contributed by atoms with Gasteiger partial charge in [-0.2, -0.15) is 0 Å². The molecule has 2 aliphatic rings. The monoisotopic (exact) mass is 286 g/mol. The van der Waals surface area contributed by atoms with Gasteiger partial charge in [-0.15, -0.1) is 0 Å². The number of rotatable bonds is 7. The molecule has 0 aromatic heterocycles. The van der Waals surface area contributed by atoms with E-state index in [1.165, 1.54) is 62.7 Å². The van der Waals surface area contributed by atoms with Gasteiger partial charge in [0.15, 0.2) is 0 Å². The Labute approximate surface area is 129 Å². The summed E-state index contributed by atoms with van der Waals surface area (Å²) in [5, 5.41) is 3.66. The van der Waals surface area contributed by atoms with Crippen LogP contribution in [0, 0.1) is 0 Å². The smallest absolute Gasteiger partial charge is 0.0323 e. The first-order valence-corrected chi connectivity index (χ1v) is 8.86. The number of benzene rings is 1. The van der Waals surface area contributed by atoms with Crippen molar-refractivity contribution in [1.82, 2.24) is 10.2 Å². The van der Waals surface area contributed by atoms with Crippen LogP contribution in [0.3, 0.4) is 0 Å². The predicted octanol–water partition coefficient (Wildman–Crippen LogP) is 3.92. The van der Waals surface area contributed by atoms with E-state index in [1.54, 1.807) is 0 Å². The summed E-state index contributed by atoms with van der Waals surface area (Å²) in [4.78, 5) is 2.75. The molecule has 1 saturated carbocycles. The molecule has 1 aromatic rings. The van der Waals surface area contributed by atoms with Crippen LogP contribution >= 0.6 is 0 Å². The van der Waals surface area contributed by atoms with Crippen molar-refractivity contribution in [3.05, 3.63) is 35.4 Å². The average molecular weight is 286 g/mol. The van der Waals surface area contributed by atoms with E-state index in [1.807, 2.05) is 0 Å². The van der Waals surface area contributed by atoms with E-state index in [0.717, 1.165) is 6.04 Å². The molecular formula is C19H30N2. The van der Waals surface area contributed by atoms with Gasteiger partial charge in [0.1, 0.15) is 0 Å². The summed E-state index contributed by atoms with van der Waals surface area (Å²) < 4.78 is 0. The van der Waals surface area contributed by atoms with E-state index >= 15 is 0 Å². The summed E-state index contributed by atoms with van der Waals surface area (Å²) in [6, 6.07) is 11.5. The fourth-order valence-corrected chi connectivity index (χ4v) is 3.64. The molecule has 1 N–H and O–H groups in total. The number of aryl methyl sites for hydroxylation is 1. The van der Waals surface area contributed by atoms with Crippen molar-refractivity contribution in [2.24, 2.45) is 0 Å².